The maximum atomic E-state index is 13.7. The van der Waals surface area contributed by atoms with Gasteiger partial charge in [-0.05, 0) is 24.6 Å². The Morgan fingerprint density at radius 2 is 1.88 bits per heavy atom. The highest BCUT2D eigenvalue weighted by Gasteiger charge is 2.56. The third kappa shape index (κ3) is 3.17. The molecule has 7 heteroatoms. The standard InChI is InChI=1S/C17H19FO6/c1-17(22)8-11(19)13(15(20)23-2)12(14(17)16(21)24-3)9-5-4-6-10(18)7-9/h4-7,12-14,22H,8H2,1-3H3/t12-,13+,14+,17-/m0/s1. The van der Waals surface area contributed by atoms with Crippen molar-refractivity contribution in [2.24, 2.45) is 11.8 Å². The van der Waals surface area contributed by atoms with Crippen LogP contribution in [0.15, 0.2) is 24.3 Å². The number of benzene rings is 1. The first-order valence-electron chi connectivity index (χ1n) is 7.39. The van der Waals surface area contributed by atoms with Crippen molar-refractivity contribution >= 4 is 17.7 Å². The first kappa shape index (κ1) is 18.1. The molecule has 0 aromatic heterocycles. The number of carbonyl (C=O) groups is 3. The van der Waals surface area contributed by atoms with E-state index in [0.29, 0.717) is 0 Å². The van der Waals surface area contributed by atoms with Crippen molar-refractivity contribution in [1.29, 1.82) is 0 Å². The second-order valence-corrected chi connectivity index (χ2v) is 6.08. The average Bonchev–Trinajstić information content (AvgIpc) is 2.52. The molecule has 6 nitrogen and oxygen atoms in total. The third-order valence-corrected chi connectivity index (χ3v) is 4.41. The van der Waals surface area contributed by atoms with E-state index in [1.54, 1.807) is 0 Å². The Morgan fingerprint density at radius 3 is 2.42 bits per heavy atom. The van der Waals surface area contributed by atoms with E-state index >= 15 is 0 Å². The summed E-state index contributed by atoms with van der Waals surface area (Å²) in [5.74, 6) is -6.39. The van der Waals surface area contributed by atoms with Crippen molar-refractivity contribution in [1.82, 2.24) is 0 Å². The van der Waals surface area contributed by atoms with Crippen LogP contribution in [0, 0.1) is 17.7 Å². The summed E-state index contributed by atoms with van der Waals surface area (Å²) in [6.45, 7) is 1.33. The van der Waals surface area contributed by atoms with Gasteiger partial charge >= 0.3 is 11.9 Å². The van der Waals surface area contributed by atoms with Gasteiger partial charge in [-0.25, -0.2) is 4.39 Å². The molecular formula is C17H19FO6. The van der Waals surface area contributed by atoms with Crippen LogP contribution >= 0.6 is 0 Å². The number of halogens is 1. The van der Waals surface area contributed by atoms with Gasteiger partial charge in [0.25, 0.3) is 0 Å². The lowest BCUT2D eigenvalue weighted by molar-refractivity contribution is -0.170. The second kappa shape index (κ2) is 6.68. The van der Waals surface area contributed by atoms with Crippen molar-refractivity contribution in [2.75, 3.05) is 14.2 Å². The molecular weight excluding hydrogens is 319 g/mol. The normalized spacial score (nSPS) is 29.9. The van der Waals surface area contributed by atoms with Crippen LogP contribution in [0.1, 0.15) is 24.8 Å². The Balaban J connectivity index is 2.65. The molecule has 1 N–H and O–H groups in total. The molecule has 1 aromatic rings. The van der Waals surface area contributed by atoms with Gasteiger partial charge in [0.15, 0.2) is 5.78 Å². The number of esters is 2. The fraction of sp³-hybridized carbons (Fsp3) is 0.471. The van der Waals surface area contributed by atoms with Crippen molar-refractivity contribution in [3.8, 4) is 0 Å². The first-order valence-corrected chi connectivity index (χ1v) is 7.39. The minimum absolute atomic E-state index is 0.245. The van der Waals surface area contributed by atoms with E-state index in [9.17, 15) is 23.9 Å². The lowest BCUT2D eigenvalue weighted by Crippen LogP contribution is -2.55. The Kier molecular flexibility index (Phi) is 5.03. The molecule has 0 bridgehead atoms. The molecule has 1 saturated carbocycles. The Morgan fingerprint density at radius 1 is 1.25 bits per heavy atom. The van der Waals surface area contributed by atoms with Gasteiger partial charge in [0.05, 0.1) is 25.7 Å². The van der Waals surface area contributed by atoms with E-state index in [0.717, 1.165) is 20.3 Å². The minimum Gasteiger partial charge on any atom is -0.469 e. The van der Waals surface area contributed by atoms with Crippen LogP contribution in [0.2, 0.25) is 0 Å². The number of Topliss-reactive ketones (excluding diaryl/α,β-unsaturated/α-hetero) is 1. The van der Waals surface area contributed by atoms with E-state index in [1.807, 2.05) is 0 Å². The monoisotopic (exact) mass is 338 g/mol. The van der Waals surface area contributed by atoms with Gasteiger partial charge in [-0.3, -0.25) is 14.4 Å². The predicted octanol–water partition coefficient (Wildman–Crippen LogP) is 1.21. The predicted molar refractivity (Wildman–Crippen MR) is 80.4 cm³/mol. The van der Waals surface area contributed by atoms with E-state index < -0.39 is 53.3 Å². The summed E-state index contributed by atoms with van der Waals surface area (Å²) in [5, 5.41) is 10.6. The number of hydrogen-bond acceptors (Lipinski definition) is 6. The topological polar surface area (TPSA) is 89.9 Å². The summed E-state index contributed by atoms with van der Waals surface area (Å²) in [5.41, 5.74) is -1.49. The Labute approximate surface area is 138 Å². The fourth-order valence-electron chi connectivity index (χ4n) is 3.38. The number of carbonyl (C=O) groups excluding carboxylic acids is 3. The van der Waals surface area contributed by atoms with Gasteiger partial charge in [-0.15, -0.1) is 0 Å². The van der Waals surface area contributed by atoms with Crippen molar-refractivity contribution in [3.63, 3.8) is 0 Å². The quantitative estimate of drug-likeness (QED) is 0.658. The molecule has 24 heavy (non-hydrogen) atoms. The van der Waals surface area contributed by atoms with Gasteiger partial charge in [0.2, 0.25) is 0 Å². The van der Waals surface area contributed by atoms with Gasteiger partial charge in [-0.2, -0.15) is 0 Å². The number of rotatable bonds is 3. The van der Waals surface area contributed by atoms with Crippen molar-refractivity contribution in [3.05, 3.63) is 35.6 Å². The zero-order valence-corrected chi connectivity index (χ0v) is 13.6. The summed E-state index contributed by atoms with van der Waals surface area (Å²) in [7, 11) is 2.27. The molecule has 1 aliphatic rings. The zero-order valence-electron chi connectivity index (χ0n) is 13.6. The van der Waals surface area contributed by atoms with Crippen LogP contribution in [0.4, 0.5) is 4.39 Å². The number of aliphatic hydroxyl groups is 1. The molecule has 1 fully saturated rings. The highest BCUT2D eigenvalue weighted by molar-refractivity contribution is 6.02. The first-order chi connectivity index (χ1) is 11.2. The summed E-state index contributed by atoms with van der Waals surface area (Å²) in [4.78, 5) is 36.8. The number of ketones is 1. The number of ether oxygens (including phenoxy) is 2. The summed E-state index contributed by atoms with van der Waals surface area (Å²) < 4.78 is 23.1. The number of methoxy groups -OCH3 is 2. The largest absolute Gasteiger partial charge is 0.469 e. The summed E-state index contributed by atoms with van der Waals surface area (Å²) >= 11 is 0. The van der Waals surface area contributed by atoms with Gasteiger partial charge in [0, 0.05) is 12.3 Å². The maximum absolute atomic E-state index is 13.7. The Bertz CT molecular complexity index is 669. The summed E-state index contributed by atoms with van der Waals surface area (Å²) in [6.07, 6.45) is -0.404. The van der Waals surface area contributed by atoms with Crippen LogP contribution < -0.4 is 0 Å². The summed E-state index contributed by atoms with van der Waals surface area (Å²) in [6, 6.07) is 5.23. The van der Waals surface area contributed by atoms with E-state index in [-0.39, 0.29) is 5.56 Å². The lowest BCUT2D eigenvalue weighted by atomic mass is 9.62. The molecule has 130 valence electrons. The van der Waals surface area contributed by atoms with Crippen molar-refractivity contribution < 1.29 is 33.4 Å². The van der Waals surface area contributed by atoms with Gasteiger partial charge in [-0.1, -0.05) is 12.1 Å². The minimum atomic E-state index is -1.73. The molecule has 1 aromatic carbocycles. The van der Waals surface area contributed by atoms with Crippen LogP contribution in [-0.2, 0) is 23.9 Å². The smallest absolute Gasteiger partial charge is 0.316 e. The molecule has 0 saturated heterocycles. The SMILES string of the molecule is COC(=O)[C@@H]1C(=O)C[C@](C)(O)[C@@H](C(=O)OC)[C@H]1c1cccc(F)c1. The van der Waals surface area contributed by atoms with Gasteiger partial charge < -0.3 is 14.6 Å². The van der Waals surface area contributed by atoms with Crippen LogP contribution in [0.5, 0.6) is 0 Å². The molecule has 1 aliphatic carbocycles. The molecule has 0 amide bonds. The molecule has 4 atom stereocenters. The molecule has 2 rings (SSSR count). The molecule has 0 unspecified atom stereocenters. The van der Waals surface area contributed by atoms with E-state index in [4.69, 9.17) is 4.74 Å². The highest BCUT2D eigenvalue weighted by Crippen LogP contribution is 2.46. The molecule has 0 radical (unpaired) electrons. The van der Waals surface area contributed by atoms with Crippen LogP contribution in [0.3, 0.4) is 0 Å². The highest BCUT2D eigenvalue weighted by atomic mass is 19.1. The number of hydrogen-bond donors (Lipinski definition) is 1. The van der Waals surface area contributed by atoms with E-state index in [2.05, 4.69) is 4.74 Å². The van der Waals surface area contributed by atoms with E-state index in [1.165, 1.54) is 25.1 Å². The Hall–Kier alpha value is -2.28. The molecule has 0 spiro atoms. The van der Waals surface area contributed by atoms with Crippen molar-refractivity contribution in [2.45, 2.75) is 24.9 Å². The third-order valence-electron chi connectivity index (χ3n) is 4.41. The fourth-order valence-corrected chi connectivity index (χ4v) is 3.38. The van der Waals surface area contributed by atoms with Crippen LogP contribution in [-0.4, -0.2) is 42.6 Å². The van der Waals surface area contributed by atoms with Gasteiger partial charge in [0.1, 0.15) is 11.7 Å². The molecule has 0 aliphatic heterocycles. The molecule has 0 heterocycles. The van der Waals surface area contributed by atoms with Crippen LogP contribution in [0.25, 0.3) is 0 Å². The second-order valence-electron chi connectivity index (χ2n) is 6.08. The average molecular weight is 338 g/mol. The maximum Gasteiger partial charge on any atom is 0.316 e. The lowest BCUT2D eigenvalue weighted by Gasteiger charge is -2.43. The zero-order chi connectivity index (χ0) is 18.1.